The number of amides is 1. The SMILES string of the molecule is CN(CCOCC1CC1)C(=O)CCOc1ccccc1N. The highest BCUT2D eigenvalue weighted by molar-refractivity contribution is 5.76. The number of rotatable bonds is 9. The normalized spacial score (nSPS) is 14.0. The molecule has 0 atom stereocenters. The van der Waals surface area contributed by atoms with Crippen molar-refractivity contribution in [3.63, 3.8) is 0 Å². The van der Waals surface area contributed by atoms with Crippen molar-refractivity contribution in [1.29, 1.82) is 0 Å². The Morgan fingerprint density at radius 2 is 2.10 bits per heavy atom. The number of likely N-dealkylation sites (N-methyl/N-ethyl adjacent to an activating group) is 1. The minimum atomic E-state index is 0.0551. The Morgan fingerprint density at radius 3 is 2.81 bits per heavy atom. The molecule has 1 amide bonds. The second-order valence-corrected chi connectivity index (χ2v) is 5.47. The number of carbonyl (C=O) groups excluding carboxylic acids is 1. The molecule has 0 spiro atoms. The molecular weight excluding hydrogens is 268 g/mol. The largest absolute Gasteiger partial charge is 0.491 e. The third kappa shape index (κ3) is 5.63. The predicted octanol–water partition coefficient (Wildman–Crippen LogP) is 1.92. The van der Waals surface area contributed by atoms with Gasteiger partial charge >= 0.3 is 0 Å². The summed E-state index contributed by atoms with van der Waals surface area (Å²) in [6.45, 7) is 2.39. The third-order valence-electron chi connectivity index (χ3n) is 3.54. The van der Waals surface area contributed by atoms with Crippen LogP contribution in [0.5, 0.6) is 5.75 Å². The first kappa shape index (κ1) is 15.6. The lowest BCUT2D eigenvalue weighted by atomic mass is 10.3. The van der Waals surface area contributed by atoms with Gasteiger partial charge in [0.1, 0.15) is 5.75 Å². The summed E-state index contributed by atoms with van der Waals surface area (Å²) in [5.74, 6) is 1.44. The Balaban J connectivity index is 1.58. The van der Waals surface area contributed by atoms with E-state index >= 15 is 0 Å². The van der Waals surface area contributed by atoms with E-state index in [1.54, 1.807) is 24.1 Å². The van der Waals surface area contributed by atoms with Crippen LogP contribution in [-0.4, -0.2) is 44.2 Å². The van der Waals surface area contributed by atoms with Gasteiger partial charge in [-0.2, -0.15) is 0 Å². The van der Waals surface area contributed by atoms with Crippen molar-refractivity contribution in [2.45, 2.75) is 19.3 Å². The van der Waals surface area contributed by atoms with E-state index in [4.69, 9.17) is 15.2 Å². The molecule has 0 radical (unpaired) electrons. The van der Waals surface area contributed by atoms with Crippen molar-refractivity contribution in [2.75, 3.05) is 39.1 Å². The van der Waals surface area contributed by atoms with E-state index in [0.717, 1.165) is 12.5 Å². The molecule has 0 heterocycles. The van der Waals surface area contributed by atoms with Crippen molar-refractivity contribution < 1.29 is 14.3 Å². The molecule has 0 saturated heterocycles. The zero-order valence-corrected chi connectivity index (χ0v) is 12.6. The molecule has 1 aliphatic carbocycles. The molecule has 1 aromatic rings. The number of carbonyl (C=O) groups is 1. The lowest BCUT2D eigenvalue weighted by Gasteiger charge is -2.17. The van der Waals surface area contributed by atoms with E-state index in [9.17, 15) is 4.79 Å². The summed E-state index contributed by atoms with van der Waals surface area (Å²) in [6.07, 6.45) is 2.91. The molecule has 1 aromatic carbocycles. The maximum Gasteiger partial charge on any atom is 0.225 e. The molecule has 2 rings (SSSR count). The Kier molecular flexibility index (Phi) is 5.87. The van der Waals surface area contributed by atoms with Crippen molar-refractivity contribution in [3.05, 3.63) is 24.3 Å². The molecule has 116 valence electrons. The number of nitrogen functional groups attached to an aromatic ring is 1. The third-order valence-corrected chi connectivity index (χ3v) is 3.54. The van der Waals surface area contributed by atoms with Gasteiger partial charge in [-0.25, -0.2) is 0 Å². The van der Waals surface area contributed by atoms with Crippen LogP contribution in [0.1, 0.15) is 19.3 Å². The second-order valence-electron chi connectivity index (χ2n) is 5.47. The summed E-state index contributed by atoms with van der Waals surface area (Å²) in [7, 11) is 1.79. The fourth-order valence-electron chi connectivity index (χ4n) is 1.91. The molecule has 0 bridgehead atoms. The minimum Gasteiger partial charge on any atom is -0.491 e. The Hall–Kier alpha value is -1.75. The topological polar surface area (TPSA) is 64.8 Å². The Bertz CT molecular complexity index is 461. The lowest BCUT2D eigenvalue weighted by Crippen LogP contribution is -2.31. The number of para-hydroxylation sites is 2. The van der Waals surface area contributed by atoms with Gasteiger partial charge in [-0.1, -0.05) is 12.1 Å². The Morgan fingerprint density at radius 1 is 1.33 bits per heavy atom. The average Bonchev–Trinajstić information content (AvgIpc) is 3.29. The van der Waals surface area contributed by atoms with Crippen molar-refractivity contribution in [2.24, 2.45) is 5.92 Å². The number of benzene rings is 1. The highest BCUT2D eigenvalue weighted by Gasteiger charge is 2.21. The molecule has 0 aliphatic heterocycles. The number of nitrogens with two attached hydrogens (primary N) is 1. The van der Waals surface area contributed by atoms with Gasteiger partial charge in [0.05, 0.1) is 25.3 Å². The summed E-state index contributed by atoms with van der Waals surface area (Å²) in [6, 6.07) is 7.29. The van der Waals surface area contributed by atoms with Crippen LogP contribution in [-0.2, 0) is 9.53 Å². The van der Waals surface area contributed by atoms with Crippen molar-refractivity contribution in [3.8, 4) is 5.75 Å². The van der Waals surface area contributed by atoms with E-state index in [1.807, 2.05) is 12.1 Å². The first-order chi connectivity index (χ1) is 10.2. The van der Waals surface area contributed by atoms with E-state index in [-0.39, 0.29) is 5.91 Å². The molecule has 1 saturated carbocycles. The van der Waals surface area contributed by atoms with Crippen LogP contribution in [0.4, 0.5) is 5.69 Å². The molecule has 0 aromatic heterocycles. The number of ether oxygens (including phenoxy) is 2. The van der Waals surface area contributed by atoms with Crippen LogP contribution in [0.25, 0.3) is 0 Å². The predicted molar refractivity (Wildman–Crippen MR) is 82.1 cm³/mol. The van der Waals surface area contributed by atoms with E-state index < -0.39 is 0 Å². The molecule has 21 heavy (non-hydrogen) atoms. The van der Waals surface area contributed by atoms with Gasteiger partial charge < -0.3 is 20.1 Å². The fraction of sp³-hybridized carbons (Fsp3) is 0.562. The van der Waals surface area contributed by atoms with Crippen molar-refractivity contribution >= 4 is 11.6 Å². The number of hydrogen-bond acceptors (Lipinski definition) is 4. The minimum absolute atomic E-state index is 0.0551. The van der Waals surface area contributed by atoms with E-state index in [0.29, 0.717) is 37.6 Å². The zero-order chi connectivity index (χ0) is 15.1. The smallest absolute Gasteiger partial charge is 0.225 e. The Labute approximate surface area is 126 Å². The van der Waals surface area contributed by atoms with Gasteiger partial charge in [0.25, 0.3) is 0 Å². The van der Waals surface area contributed by atoms with Crippen LogP contribution in [0.15, 0.2) is 24.3 Å². The van der Waals surface area contributed by atoms with E-state index in [2.05, 4.69) is 0 Å². The van der Waals surface area contributed by atoms with Crippen molar-refractivity contribution in [1.82, 2.24) is 4.90 Å². The summed E-state index contributed by atoms with van der Waals surface area (Å²) < 4.78 is 11.0. The van der Waals surface area contributed by atoms with Crippen LogP contribution >= 0.6 is 0 Å². The number of nitrogens with zero attached hydrogens (tertiary/aromatic N) is 1. The van der Waals surface area contributed by atoms with Crippen LogP contribution in [0.2, 0.25) is 0 Å². The monoisotopic (exact) mass is 292 g/mol. The molecule has 1 aliphatic rings. The lowest BCUT2D eigenvalue weighted by molar-refractivity contribution is -0.131. The van der Waals surface area contributed by atoms with Gasteiger partial charge in [-0.3, -0.25) is 4.79 Å². The van der Waals surface area contributed by atoms with Crippen LogP contribution in [0, 0.1) is 5.92 Å². The van der Waals surface area contributed by atoms with Gasteiger partial charge in [-0.15, -0.1) is 0 Å². The second kappa shape index (κ2) is 7.88. The molecule has 5 nitrogen and oxygen atoms in total. The highest BCUT2D eigenvalue weighted by Crippen LogP contribution is 2.28. The fourth-order valence-corrected chi connectivity index (χ4v) is 1.91. The maximum absolute atomic E-state index is 11.9. The first-order valence-electron chi connectivity index (χ1n) is 7.46. The molecular formula is C16H24N2O3. The molecule has 2 N–H and O–H groups in total. The summed E-state index contributed by atoms with van der Waals surface area (Å²) >= 11 is 0. The molecule has 5 heteroatoms. The van der Waals surface area contributed by atoms with E-state index in [1.165, 1.54) is 12.8 Å². The van der Waals surface area contributed by atoms with Crippen LogP contribution in [0.3, 0.4) is 0 Å². The summed E-state index contributed by atoms with van der Waals surface area (Å²) in [4.78, 5) is 13.6. The standard InChI is InChI=1S/C16H24N2O3/c1-18(9-11-20-12-13-6-7-13)16(19)8-10-21-15-5-3-2-4-14(15)17/h2-5,13H,6-12,17H2,1H3. The quantitative estimate of drug-likeness (QED) is 0.558. The number of hydrogen-bond donors (Lipinski definition) is 1. The van der Waals surface area contributed by atoms with Gasteiger partial charge in [0.2, 0.25) is 5.91 Å². The average molecular weight is 292 g/mol. The van der Waals surface area contributed by atoms with Gasteiger partial charge in [-0.05, 0) is 30.9 Å². The number of anilines is 1. The summed E-state index contributed by atoms with van der Waals surface area (Å²) in [5.41, 5.74) is 6.36. The first-order valence-corrected chi connectivity index (χ1v) is 7.46. The highest BCUT2D eigenvalue weighted by atomic mass is 16.5. The molecule has 1 fully saturated rings. The van der Waals surface area contributed by atoms with Gasteiger partial charge in [0, 0.05) is 20.2 Å². The van der Waals surface area contributed by atoms with Crippen LogP contribution < -0.4 is 10.5 Å². The molecule has 0 unspecified atom stereocenters. The summed E-state index contributed by atoms with van der Waals surface area (Å²) in [5, 5.41) is 0. The van der Waals surface area contributed by atoms with Gasteiger partial charge in [0.15, 0.2) is 0 Å². The maximum atomic E-state index is 11.9. The zero-order valence-electron chi connectivity index (χ0n) is 12.6.